The predicted molar refractivity (Wildman–Crippen MR) is 76.4 cm³/mol. The van der Waals surface area contributed by atoms with Gasteiger partial charge in [-0.1, -0.05) is 13.3 Å². The fourth-order valence-electron chi connectivity index (χ4n) is 2.16. The Balaban J connectivity index is 2.38. The maximum absolute atomic E-state index is 12.1. The lowest BCUT2D eigenvalue weighted by Crippen LogP contribution is -2.27. The Morgan fingerprint density at radius 1 is 1.53 bits per heavy atom. The zero-order valence-electron chi connectivity index (χ0n) is 12.3. The van der Waals surface area contributed by atoms with E-state index < -0.39 is 0 Å². The zero-order chi connectivity index (χ0) is 14.3. The summed E-state index contributed by atoms with van der Waals surface area (Å²) in [4.78, 5) is 18.0. The number of imidazole rings is 1. The molecule has 0 fully saturated rings. The van der Waals surface area contributed by atoms with Crippen LogP contribution in [0.3, 0.4) is 0 Å². The summed E-state index contributed by atoms with van der Waals surface area (Å²) in [6.45, 7) is 3.42. The van der Waals surface area contributed by atoms with Crippen LogP contribution in [-0.2, 0) is 18.4 Å². The molecule has 5 nitrogen and oxygen atoms in total. The van der Waals surface area contributed by atoms with Crippen molar-refractivity contribution in [1.82, 2.24) is 14.5 Å². The molecule has 0 aliphatic carbocycles. The van der Waals surface area contributed by atoms with E-state index in [4.69, 9.17) is 5.73 Å². The maximum Gasteiger partial charge on any atom is 0.222 e. The second-order valence-electron chi connectivity index (χ2n) is 5.09. The van der Waals surface area contributed by atoms with Crippen molar-refractivity contribution in [3.05, 3.63) is 18.2 Å². The number of carbonyl (C=O) groups is 1. The summed E-state index contributed by atoms with van der Waals surface area (Å²) in [6.07, 6.45) is 7.27. The smallest absolute Gasteiger partial charge is 0.222 e. The summed E-state index contributed by atoms with van der Waals surface area (Å²) < 4.78 is 1.94. The van der Waals surface area contributed by atoms with Crippen LogP contribution in [0.15, 0.2) is 12.4 Å². The van der Waals surface area contributed by atoms with Gasteiger partial charge in [-0.15, -0.1) is 0 Å². The summed E-state index contributed by atoms with van der Waals surface area (Å²) in [6, 6.07) is 0. The van der Waals surface area contributed by atoms with Crippen LogP contribution in [0.1, 0.15) is 38.4 Å². The highest BCUT2D eigenvalue weighted by Gasteiger charge is 2.14. The van der Waals surface area contributed by atoms with Crippen molar-refractivity contribution in [2.45, 2.75) is 39.2 Å². The monoisotopic (exact) mass is 266 g/mol. The van der Waals surface area contributed by atoms with Gasteiger partial charge in [0.1, 0.15) is 5.82 Å². The summed E-state index contributed by atoms with van der Waals surface area (Å²) in [5.74, 6) is 1.65. The van der Waals surface area contributed by atoms with Gasteiger partial charge in [-0.25, -0.2) is 4.98 Å². The van der Waals surface area contributed by atoms with Crippen LogP contribution in [0.4, 0.5) is 0 Å². The number of aryl methyl sites for hydroxylation is 1. The topological polar surface area (TPSA) is 64.2 Å². The highest BCUT2D eigenvalue weighted by molar-refractivity contribution is 5.75. The van der Waals surface area contributed by atoms with E-state index in [1.165, 1.54) is 0 Å². The normalized spacial score (nSPS) is 12.4. The molecule has 0 aliphatic heterocycles. The maximum atomic E-state index is 12.1. The van der Waals surface area contributed by atoms with Crippen molar-refractivity contribution in [2.75, 3.05) is 13.6 Å². The second kappa shape index (κ2) is 7.94. The van der Waals surface area contributed by atoms with Gasteiger partial charge in [-0.3, -0.25) is 4.79 Å². The quantitative estimate of drug-likeness (QED) is 0.776. The molecular formula is C14H26N4O. The zero-order valence-corrected chi connectivity index (χ0v) is 12.3. The van der Waals surface area contributed by atoms with Gasteiger partial charge in [0.2, 0.25) is 5.91 Å². The number of rotatable bonds is 8. The molecule has 0 bridgehead atoms. The molecule has 1 atom stereocenters. The molecule has 5 heteroatoms. The first kappa shape index (κ1) is 15.7. The van der Waals surface area contributed by atoms with Crippen molar-refractivity contribution in [3.8, 4) is 0 Å². The minimum absolute atomic E-state index is 0.179. The highest BCUT2D eigenvalue weighted by Crippen LogP contribution is 2.15. The molecular weight excluding hydrogens is 240 g/mol. The van der Waals surface area contributed by atoms with Crippen LogP contribution in [0.5, 0.6) is 0 Å². The Labute approximate surface area is 115 Å². The van der Waals surface area contributed by atoms with Crippen molar-refractivity contribution in [2.24, 2.45) is 18.7 Å². The minimum atomic E-state index is 0.179. The van der Waals surface area contributed by atoms with E-state index >= 15 is 0 Å². The minimum Gasteiger partial charge on any atom is -0.338 e. The molecule has 0 saturated carbocycles. The predicted octanol–water partition coefficient (Wildman–Crippen LogP) is 1.53. The van der Waals surface area contributed by atoms with Gasteiger partial charge in [0.15, 0.2) is 0 Å². The summed E-state index contributed by atoms with van der Waals surface area (Å²) >= 11 is 0. The van der Waals surface area contributed by atoms with Gasteiger partial charge in [0.25, 0.3) is 0 Å². The third kappa shape index (κ3) is 5.03. The van der Waals surface area contributed by atoms with Crippen LogP contribution in [0, 0.1) is 5.92 Å². The number of carbonyl (C=O) groups excluding carboxylic acids is 1. The molecule has 0 saturated heterocycles. The summed E-state index contributed by atoms with van der Waals surface area (Å²) in [5, 5.41) is 0. The molecule has 1 rings (SSSR count). The first-order chi connectivity index (χ1) is 9.08. The SMILES string of the molecule is CCC(CCN)CCC(=O)N(C)Cc1nccn1C. The standard InChI is InChI=1S/C14H26N4O/c1-4-12(7-8-15)5-6-14(19)18(3)11-13-16-9-10-17(13)2/h9-10,12H,4-8,11,15H2,1-3H3. The van der Waals surface area contributed by atoms with Crippen LogP contribution >= 0.6 is 0 Å². The Hall–Kier alpha value is -1.36. The molecule has 1 heterocycles. The van der Waals surface area contributed by atoms with E-state index in [1.54, 1.807) is 11.1 Å². The Bertz CT molecular complexity index is 389. The lowest BCUT2D eigenvalue weighted by Gasteiger charge is -2.19. The molecule has 108 valence electrons. The molecule has 2 N–H and O–H groups in total. The summed E-state index contributed by atoms with van der Waals surface area (Å²) in [7, 11) is 3.77. The van der Waals surface area contributed by atoms with E-state index in [1.807, 2.05) is 24.9 Å². The molecule has 1 unspecified atom stereocenters. The molecule has 19 heavy (non-hydrogen) atoms. The number of amides is 1. The van der Waals surface area contributed by atoms with Crippen LogP contribution in [0.2, 0.25) is 0 Å². The highest BCUT2D eigenvalue weighted by atomic mass is 16.2. The lowest BCUT2D eigenvalue weighted by molar-refractivity contribution is -0.130. The van der Waals surface area contributed by atoms with Gasteiger partial charge >= 0.3 is 0 Å². The lowest BCUT2D eigenvalue weighted by atomic mass is 9.96. The Morgan fingerprint density at radius 3 is 2.79 bits per heavy atom. The Kier molecular flexibility index (Phi) is 6.56. The van der Waals surface area contributed by atoms with Crippen LogP contribution < -0.4 is 5.73 Å². The summed E-state index contributed by atoms with van der Waals surface area (Å²) in [5.41, 5.74) is 5.57. The van der Waals surface area contributed by atoms with Crippen LogP contribution in [0.25, 0.3) is 0 Å². The van der Waals surface area contributed by atoms with Crippen molar-refractivity contribution in [1.29, 1.82) is 0 Å². The van der Waals surface area contributed by atoms with Gasteiger partial charge in [-0.2, -0.15) is 0 Å². The Morgan fingerprint density at radius 2 is 2.26 bits per heavy atom. The number of hydrogen-bond acceptors (Lipinski definition) is 3. The number of hydrogen-bond donors (Lipinski definition) is 1. The largest absolute Gasteiger partial charge is 0.338 e. The first-order valence-corrected chi connectivity index (χ1v) is 6.98. The first-order valence-electron chi connectivity index (χ1n) is 6.98. The number of nitrogens with zero attached hydrogens (tertiary/aromatic N) is 3. The van der Waals surface area contributed by atoms with E-state index in [-0.39, 0.29) is 5.91 Å². The van der Waals surface area contributed by atoms with Crippen molar-refractivity contribution in [3.63, 3.8) is 0 Å². The third-order valence-corrected chi connectivity index (χ3v) is 3.64. The average Bonchev–Trinajstić information content (AvgIpc) is 2.79. The number of nitrogens with two attached hydrogens (primary N) is 1. The molecule has 0 aromatic carbocycles. The van der Waals surface area contributed by atoms with E-state index in [0.29, 0.717) is 25.4 Å². The van der Waals surface area contributed by atoms with Crippen molar-refractivity contribution >= 4 is 5.91 Å². The average molecular weight is 266 g/mol. The van der Waals surface area contributed by atoms with E-state index in [0.717, 1.165) is 25.1 Å². The van der Waals surface area contributed by atoms with E-state index in [9.17, 15) is 4.79 Å². The molecule has 1 amide bonds. The van der Waals surface area contributed by atoms with Gasteiger partial charge in [-0.05, 0) is 25.3 Å². The van der Waals surface area contributed by atoms with E-state index in [2.05, 4.69) is 11.9 Å². The van der Waals surface area contributed by atoms with Crippen molar-refractivity contribution < 1.29 is 4.79 Å². The molecule has 1 aromatic heterocycles. The second-order valence-corrected chi connectivity index (χ2v) is 5.09. The van der Waals surface area contributed by atoms with Gasteiger partial charge < -0.3 is 15.2 Å². The fraction of sp³-hybridized carbons (Fsp3) is 0.714. The molecule has 1 aromatic rings. The van der Waals surface area contributed by atoms with Gasteiger partial charge in [0.05, 0.1) is 6.54 Å². The molecule has 0 spiro atoms. The third-order valence-electron chi connectivity index (χ3n) is 3.64. The van der Waals surface area contributed by atoms with Crippen LogP contribution in [-0.4, -0.2) is 34.0 Å². The molecule has 0 radical (unpaired) electrons. The van der Waals surface area contributed by atoms with Gasteiger partial charge in [0, 0.05) is 32.9 Å². The molecule has 0 aliphatic rings. The fourth-order valence-corrected chi connectivity index (χ4v) is 2.16. The number of aromatic nitrogens is 2.